The van der Waals surface area contributed by atoms with Crippen molar-refractivity contribution in [2.45, 2.75) is 25.4 Å². The average molecular weight is 350 g/mol. The summed E-state index contributed by atoms with van der Waals surface area (Å²) in [6.45, 7) is 0. The Balaban J connectivity index is 2.21. The zero-order valence-corrected chi connectivity index (χ0v) is 13.7. The summed E-state index contributed by atoms with van der Waals surface area (Å²) < 4.78 is 20.1. The van der Waals surface area contributed by atoms with Crippen LogP contribution in [0.4, 0.5) is 4.39 Å². The van der Waals surface area contributed by atoms with E-state index in [-0.39, 0.29) is 11.9 Å². The van der Waals surface area contributed by atoms with Crippen LogP contribution >= 0.6 is 23.2 Å². The average Bonchev–Trinajstić information content (AvgIpc) is 2.69. The Kier molecular flexibility index (Phi) is 4.66. The third-order valence-corrected chi connectivity index (χ3v) is 4.41. The molecule has 0 spiro atoms. The molecule has 0 fully saturated rings. The molecule has 2 aromatic rings. The van der Waals surface area contributed by atoms with Gasteiger partial charge < -0.3 is 10.5 Å². The molecular formula is C18H14Cl2FNO. The Hall–Kier alpha value is -1.89. The highest BCUT2D eigenvalue weighted by molar-refractivity contribution is 6.39. The molecule has 2 nitrogen and oxygen atoms in total. The number of rotatable bonds is 1. The fourth-order valence-corrected chi connectivity index (χ4v) is 3.39. The van der Waals surface area contributed by atoms with E-state index in [4.69, 9.17) is 33.7 Å². The van der Waals surface area contributed by atoms with Gasteiger partial charge in [-0.15, -0.1) is 0 Å². The van der Waals surface area contributed by atoms with E-state index in [1.807, 2.05) is 0 Å². The van der Waals surface area contributed by atoms with E-state index in [2.05, 4.69) is 12.0 Å². The van der Waals surface area contributed by atoms with Gasteiger partial charge in [-0.2, -0.15) is 0 Å². The number of nitrogens with two attached hydrogens (primary N) is 1. The zero-order chi connectivity index (χ0) is 16.4. The van der Waals surface area contributed by atoms with Gasteiger partial charge in [-0.1, -0.05) is 29.3 Å². The van der Waals surface area contributed by atoms with Gasteiger partial charge in [0.25, 0.3) is 0 Å². The summed E-state index contributed by atoms with van der Waals surface area (Å²) >= 11 is 12.6. The molecule has 1 unspecified atom stereocenters. The van der Waals surface area contributed by atoms with Gasteiger partial charge in [-0.25, -0.2) is 4.39 Å². The van der Waals surface area contributed by atoms with Gasteiger partial charge >= 0.3 is 0 Å². The summed E-state index contributed by atoms with van der Waals surface area (Å²) in [7, 11) is 0. The van der Waals surface area contributed by atoms with E-state index in [0.717, 1.165) is 18.4 Å². The van der Waals surface area contributed by atoms with Crippen LogP contribution in [0, 0.1) is 17.8 Å². The Bertz CT molecular complexity index is 790. The van der Waals surface area contributed by atoms with Crippen LogP contribution in [0.25, 0.3) is 11.1 Å². The largest absolute Gasteiger partial charge is 0.477 e. The van der Waals surface area contributed by atoms with Crippen LogP contribution in [0.3, 0.4) is 0 Å². The standard InChI is InChI=1S/C18H14Cl2FNO/c19-15-5-2-6-16(20)17(15)14-10-12(21)9-11-3-1-4-13(7-8-22)23-18(11)14/h2,5-6,9-10,13H,1,3-4,22H2. The number of ether oxygens (including phenoxy) is 1. The lowest BCUT2D eigenvalue weighted by Gasteiger charge is -2.18. The molecule has 0 bridgehead atoms. The second kappa shape index (κ2) is 6.70. The Labute approximate surface area is 144 Å². The first kappa shape index (κ1) is 16.0. The first-order chi connectivity index (χ1) is 11.1. The molecule has 3 rings (SSSR count). The van der Waals surface area contributed by atoms with Crippen molar-refractivity contribution in [1.29, 1.82) is 0 Å². The Morgan fingerprint density at radius 2 is 1.96 bits per heavy atom. The molecule has 0 aliphatic carbocycles. The van der Waals surface area contributed by atoms with Crippen molar-refractivity contribution in [3.63, 3.8) is 0 Å². The number of hydrogen-bond acceptors (Lipinski definition) is 2. The molecule has 1 aliphatic heterocycles. The second-order valence-electron chi connectivity index (χ2n) is 5.33. The van der Waals surface area contributed by atoms with Crippen molar-refractivity contribution in [1.82, 2.24) is 0 Å². The second-order valence-corrected chi connectivity index (χ2v) is 6.14. The van der Waals surface area contributed by atoms with Crippen molar-refractivity contribution in [3.05, 3.63) is 51.8 Å². The van der Waals surface area contributed by atoms with Crippen LogP contribution in [0.1, 0.15) is 18.4 Å². The molecule has 118 valence electrons. The predicted molar refractivity (Wildman–Crippen MR) is 91.2 cm³/mol. The smallest absolute Gasteiger partial charge is 0.161 e. The van der Waals surface area contributed by atoms with E-state index < -0.39 is 0 Å². The number of fused-ring (bicyclic) bond motifs is 1. The van der Waals surface area contributed by atoms with Crippen molar-refractivity contribution in [3.8, 4) is 28.8 Å². The Morgan fingerprint density at radius 1 is 1.22 bits per heavy atom. The normalized spacial score (nSPS) is 16.6. The predicted octanol–water partition coefficient (Wildman–Crippen LogP) is 4.80. The van der Waals surface area contributed by atoms with E-state index in [1.54, 1.807) is 18.2 Å². The van der Waals surface area contributed by atoms with E-state index in [1.165, 1.54) is 12.1 Å². The number of aryl methyl sites for hydroxylation is 1. The van der Waals surface area contributed by atoms with Gasteiger partial charge in [0.1, 0.15) is 11.6 Å². The zero-order valence-electron chi connectivity index (χ0n) is 12.2. The maximum absolute atomic E-state index is 14.1. The first-order valence-corrected chi connectivity index (χ1v) is 8.00. The minimum Gasteiger partial charge on any atom is -0.477 e. The van der Waals surface area contributed by atoms with Gasteiger partial charge in [-0.05, 0) is 55.0 Å². The molecule has 23 heavy (non-hydrogen) atoms. The quantitative estimate of drug-likeness (QED) is 0.592. The molecule has 5 heteroatoms. The highest BCUT2D eigenvalue weighted by atomic mass is 35.5. The summed E-state index contributed by atoms with van der Waals surface area (Å²) in [5, 5.41) is 0.888. The molecule has 1 aliphatic rings. The number of halogens is 3. The van der Waals surface area contributed by atoms with Gasteiger partial charge in [0.2, 0.25) is 0 Å². The van der Waals surface area contributed by atoms with E-state index >= 15 is 0 Å². The van der Waals surface area contributed by atoms with Crippen molar-refractivity contribution in [2.75, 3.05) is 0 Å². The third kappa shape index (κ3) is 3.24. The molecule has 2 N–H and O–H groups in total. The van der Waals surface area contributed by atoms with Crippen molar-refractivity contribution < 1.29 is 9.13 Å². The van der Waals surface area contributed by atoms with Crippen LogP contribution < -0.4 is 10.5 Å². The summed E-state index contributed by atoms with van der Waals surface area (Å²) in [6, 6.07) is 10.4. The van der Waals surface area contributed by atoms with Crippen molar-refractivity contribution >= 4 is 23.2 Å². The van der Waals surface area contributed by atoms with Crippen LogP contribution in [0.2, 0.25) is 10.0 Å². The molecule has 0 aromatic heterocycles. The highest BCUT2D eigenvalue weighted by Crippen LogP contribution is 2.43. The van der Waals surface area contributed by atoms with E-state index in [0.29, 0.717) is 33.3 Å². The fourth-order valence-electron chi connectivity index (χ4n) is 2.79. The Morgan fingerprint density at radius 3 is 2.65 bits per heavy atom. The molecule has 0 saturated heterocycles. The maximum atomic E-state index is 14.1. The number of hydrogen-bond donors (Lipinski definition) is 1. The molecule has 0 radical (unpaired) electrons. The minimum atomic E-state index is -0.346. The van der Waals surface area contributed by atoms with E-state index in [9.17, 15) is 4.39 Å². The summed E-state index contributed by atoms with van der Waals surface area (Å²) in [4.78, 5) is 0. The molecule has 0 amide bonds. The molecule has 2 aromatic carbocycles. The molecule has 1 heterocycles. The highest BCUT2D eigenvalue weighted by Gasteiger charge is 2.23. The number of benzene rings is 2. The molecule has 0 saturated carbocycles. The van der Waals surface area contributed by atoms with Gasteiger partial charge in [-0.3, -0.25) is 0 Å². The van der Waals surface area contributed by atoms with Crippen LogP contribution in [-0.4, -0.2) is 6.10 Å². The summed E-state index contributed by atoms with van der Waals surface area (Å²) in [6.07, 6.45) is 1.94. The minimum absolute atomic E-state index is 0.327. The summed E-state index contributed by atoms with van der Waals surface area (Å²) in [5.74, 6) is 3.06. The first-order valence-electron chi connectivity index (χ1n) is 7.24. The third-order valence-electron chi connectivity index (χ3n) is 3.78. The van der Waals surface area contributed by atoms with Crippen molar-refractivity contribution in [2.24, 2.45) is 5.73 Å². The summed E-state index contributed by atoms with van der Waals surface area (Å²) in [5.41, 5.74) is 7.20. The lowest BCUT2D eigenvalue weighted by Crippen LogP contribution is -2.14. The molecule has 1 atom stereocenters. The van der Waals surface area contributed by atoms with Gasteiger partial charge in [0.15, 0.2) is 6.10 Å². The van der Waals surface area contributed by atoms with Crippen LogP contribution in [-0.2, 0) is 6.42 Å². The topological polar surface area (TPSA) is 35.2 Å². The van der Waals surface area contributed by atoms with Gasteiger partial charge in [0.05, 0.1) is 10.0 Å². The maximum Gasteiger partial charge on any atom is 0.161 e. The lowest BCUT2D eigenvalue weighted by atomic mass is 9.98. The van der Waals surface area contributed by atoms with Crippen LogP contribution in [0.5, 0.6) is 5.75 Å². The molecular weight excluding hydrogens is 336 g/mol. The lowest BCUT2D eigenvalue weighted by molar-refractivity contribution is 0.254. The van der Waals surface area contributed by atoms with Crippen LogP contribution in [0.15, 0.2) is 30.3 Å². The monoisotopic (exact) mass is 349 g/mol. The van der Waals surface area contributed by atoms with Gasteiger partial charge in [0, 0.05) is 17.2 Å². The SMILES string of the molecule is NC#CC1CCCc2cc(F)cc(-c3c(Cl)cccc3Cl)c2O1. The fraction of sp³-hybridized carbons (Fsp3) is 0.222.